The molecule has 2 heteroatoms. The number of aryl methyl sites for hydroxylation is 1. The second-order valence-electron chi connectivity index (χ2n) is 2.54. The number of rotatable bonds is 4. The van der Waals surface area contributed by atoms with Crippen molar-refractivity contribution in [1.82, 2.24) is 0 Å². The van der Waals surface area contributed by atoms with E-state index in [1.807, 2.05) is 24.3 Å². The van der Waals surface area contributed by atoms with Crippen molar-refractivity contribution in [3.05, 3.63) is 48.0 Å². The summed E-state index contributed by atoms with van der Waals surface area (Å²) in [5.74, 6) is 0. The van der Waals surface area contributed by atoms with E-state index in [2.05, 4.69) is 12.1 Å². The van der Waals surface area contributed by atoms with Gasteiger partial charge in [-0.3, -0.25) is 0 Å². The van der Waals surface area contributed by atoms with E-state index in [0.717, 1.165) is 12.8 Å². The van der Waals surface area contributed by atoms with Crippen LogP contribution in [0.2, 0.25) is 0 Å². The SMILES string of the molecule is O=[C-]/C=C/CCc1ccccc1.[Zr]. The van der Waals surface area contributed by atoms with Gasteiger partial charge in [-0.15, -0.1) is 0 Å². The molecule has 0 amide bonds. The summed E-state index contributed by atoms with van der Waals surface area (Å²) in [5, 5.41) is 0. The van der Waals surface area contributed by atoms with E-state index in [-0.39, 0.29) is 26.2 Å². The minimum absolute atomic E-state index is 0. The van der Waals surface area contributed by atoms with E-state index < -0.39 is 0 Å². The van der Waals surface area contributed by atoms with Crippen LogP contribution in [0.15, 0.2) is 42.5 Å². The summed E-state index contributed by atoms with van der Waals surface area (Å²) in [7, 11) is 0. The number of hydrogen-bond acceptors (Lipinski definition) is 1. The third kappa shape index (κ3) is 5.71. The molecule has 0 radical (unpaired) electrons. The van der Waals surface area contributed by atoms with Crippen molar-refractivity contribution in [2.24, 2.45) is 0 Å². The first kappa shape index (κ1) is 12.5. The summed E-state index contributed by atoms with van der Waals surface area (Å²) in [4.78, 5) is 9.80. The molecule has 0 saturated carbocycles. The third-order valence-corrected chi connectivity index (χ3v) is 1.63. The van der Waals surface area contributed by atoms with Gasteiger partial charge in [0.1, 0.15) is 0 Å². The number of benzene rings is 1. The first-order valence-electron chi connectivity index (χ1n) is 4.00. The van der Waals surface area contributed by atoms with Crippen LogP contribution in [0.1, 0.15) is 12.0 Å². The van der Waals surface area contributed by atoms with Crippen molar-refractivity contribution < 1.29 is 31.0 Å². The predicted molar refractivity (Wildman–Crippen MR) is 49.6 cm³/mol. The minimum atomic E-state index is 0. The van der Waals surface area contributed by atoms with Crippen LogP contribution in [0.5, 0.6) is 0 Å². The van der Waals surface area contributed by atoms with Gasteiger partial charge in [0.25, 0.3) is 0 Å². The van der Waals surface area contributed by atoms with Gasteiger partial charge in [0.2, 0.25) is 0 Å². The van der Waals surface area contributed by atoms with Gasteiger partial charge in [-0.05, 0) is 18.3 Å². The van der Waals surface area contributed by atoms with Crippen molar-refractivity contribution in [3.63, 3.8) is 0 Å². The molecule has 13 heavy (non-hydrogen) atoms. The second kappa shape index (κ2) is 8.13. The van der Waals surface area contributed by atoms with Gasteiger partial charge in [-0.2, -0.15) is 6.08 Å². The molecule has 0 atom stereocenters. The Morgan fingerprint density at radius 3 is 2.54 bits per heavy atom. The Bertz CT molecular complexity index is 254. The van der Waals surface area contributed by atoms with E-state index >= 15 is 0 Å². The van der Waals surface area contributed by atoms with E-state index in [1.54, 1.807) is 6.29 Å². The molecule has 0 spiro atoms. The number of carbonyl (C=O) groups excluding carboxylic acids is 1. The average Bonchev–Trinajstić information content (AvgIpc) is 2.14. The zero-order valence-electron chi connectivity index (χ0n) is 7.36. The van der Waals surface area contributed by atoms with Gasteiger partial charge in [0, 0.05) is 26.2 Å². The summed E-state index contributed by atoms with van der Waals surface area (Å²) in [5.41, 5.74) is 1.30. The Labute approximate surface area is 98.0 Å². The summed E-state index contributed by atoms with van der Waals surface area (Å²) >= 11 is 0. The topological polar surface area (TPSA) is 17.1 Å². The molecule has 0 fully saturated rings. The Balaban J connectivity index is 0.00000144. The molecule has 0 aromatic heterocycles. The number of hydrogen-bond donors (Lipinski definition) is 0. The zero-order valence-corrected chi connectivity index (χ0v) is 9.82. The molecule has 0 aliphatic rings. The molecule has 1 nitrogen and oxygen atoms in total. The normalized spacial score (nSPS) is 9.54. The van der Waals surface area contributed by atoms with Crippen LogP contribution >= 0.6 is 0 Å². The van der Waals surface area contributed by atoms with Crippen molar-refractivity contribution >= 4 is 6.29 Å². The van der Waals surface area contributed by atoms with E-state index in [1.165, 1.54) is 11.6 Å². The van der Waals surface area contributed by atoms with Crippen molar-refractivity contribution in [2.45, 2.75) is 12.8 Å². The van der Waals surface area contributed by atoms with Crippen LogP contribution in [0, 0.1) is 0 Å². The minimum Gasteiger partial charge on any atom is -0.419 e. The summed E-state index contributed by atoms with van der Waals surface area (Å²) in [6, 6.07) is 10.2. The van der Waals surface area contributed by atoms with Crippen LogP contribution < -0.4 is 0 Å². The maximum Gasteiger partial charge on any atom is 0 e. The Morgan fingerprint density at radius 2 is 1.92 bits per heavy atom. The van der Waals surface area contributed by atoms with E-state index in [9.17, 15) is 4.79 Å². The van der Waals surface area contributed by atoms with Gasteiger partial charge in [-0.25, -0.2) is 6.08 Å². The summed E-state index contributed by atoms with van der Waals surface area (Å²) < 4.78 is 0. The molecular weight excluding hydrogens is 239 g/mol. The standard InChI is InChI=1S/C11H11O.Zr/c12-10-6-2-5-9-11-7-3-1-4-8-11;/h1-4,6-8H,5,9H2;/q-1;/b6-2+;. The monoisotopic (exact) mass is 249 g/mol. The van der Waals surface area contributed by atoms with Crippen molar-refractivity contribution in [1.29, 1.82) is 0 Å². The smallest absolute Gasteiger partial charge is 0 e. The van der Waals surface area contributed by atoms with Crippen LogP contribution in [-0.2, 0) is 37.4 Å². The van der Waals surface area contributed by atoms with Gasteiger partial charge >= 0.3 is 0 Å². The summed E-state index contributed by atoms with van der Waals surface area (Å²) in [6.45, 7) is 0. The van der Waals surface area contributed by atoms with Crippen LogP contribution in [0.25, 0.3) is 0 Å². The Morgan fingerprint density at radius 1 is 1.23 bits per heavy atom. The van der Waals surface area contributed by atoms with Crippen LogP contribution in [0.4, 0.5) is 0 Å². The first-order valence-corrected chi connectivity index (χ1v) is 4.00. The van der Waals surface area contributed by atoms with E-state index in [4.69, 9.17) is 0 Å². The van der Waals surface area contributed by atoms with Gasteiger partial charge < -0.3 is 4.79 Å². The molecule has 0 N–H and O–H groups in total. The fraction of sp³-hybridized carbons (Fsp3) is 0.182. The Kier molecular flexibility index (Phi) is 7.82. The van der Waals surface area contributed by atoms with E-state index in [0.29, 0.717) is 0 Å². The molecule has 1 rings (SSSR count). The predicted octanol–water partition coefficient (Wildman–Crippen LogP) is 2.28. The molecule has 0 heterocycles. The first-order chi connectivity index (χ1) is 5.93. The maximum absolute atomic E-state index is 9.80. The van der Waals surface area contributed by atoms with Gasteiger partial charge in [-0.1, -0.05) is 36.8 Å². The molecule has 0 bridgehead atoms. The van der Waals surface area contributed by atoms with Gasteiger partial charge in [0.15, 0.2) is 0 Å². The van der Waals surface area contributed by atoms with Crippen molar-refractivity contribution in [2.75, 3.05) is 0 Å². The van der Waals surface area contributed by atoms with Crippen LogP contribution in [-0.4, -0.2) is 6.29 Å². The molecule has 1 aromatic rings. The van der Waals surface area contributed by atoms with Crippen molar-refractivity contribution in [3.8, 4) is 0 Å². The molecular formula is C11H11OZr-. The molecule has 0 saturated heterocycles. The molecule has 0 unspecified atom stereocenters. The average molecular weight is 250 g/mol. The fourth-order valence-electron chi connectivity index (χ4n) is 1.03. The molecule has 1 aromatic carbocycles. The quantitative estimate of drug-likeness (QED) is 0.592. The maximum atomic E-state index is 9.80. The molecule has 0 aliphatic heterocycles. The molecule has 0 aliphatic carbocycles. The largest absolute Gasteiger partial charge is 0.419 e. The second-order valence-corrected chi connectivity index (χ2v) is 2.54. The van der Waals surface area contributed by atoms with Crippen LogP contribution in [0.3, 0.4) is 0 Å². The molecule has 66 valence electrons. The zero-order chi connectivity index (χ0) is 8.65. The Hall–Kier alpha value is -0.487. The summed E-state index contributed by atoms with van der Waals surface area (Å²) in [6.07, 6.45) is 6.86. The third-order valence-electron chi connectivity index (χ3n) is 1.63. The number of allylic oxidation sites excluding steroid dienone is 2. The van der Waals surface area contributed by atoms with Gasteiger partial charge in [0.05, 0.1) is 0 Å². The fourth-order valence-corrected chi connectivity index (χ4v) is 1.03.